The molecule has 1 N–H and O–H groups in total. The van der Waals surface area contributed by atoms with E-state index in [0.717, 1.165) is 25.0 Å². The highest BCUT2D eigenvalue weighted by atomic mass is 32.2. The number of rotatable bonds is 8. The van der Waals surface area contributed by atoms with Crippen LogP contribution in [0.1, 0.15) is 51.0 Å². The largest absolute Gasteiger partial charge is 0.490 e. The van der Waals surface area contributed by atoms with Crippen LogP contribution in [0.4, 0.5) is 13.2 Å². The Morgan fingerprint density at radius 2 is 1.85 bits per heavy atom. The maximum Gasteiger partial charge on any atom is 0.416 e. The number of hydrogen-bond acceptors (Lipinski definition) is 6. The molecule has 0 bridgehead atoms. The third-order valence-electron chi connectivity index (χ3n) is 5.70. The number of nitrogens with one attached hydrogen (secondary N) is 1. The second kappa shape index (κ2) is 11.0. The van der Waals surface area contributed by atoms with Crippen LogP contribution in [-0.2, 0) is 30.6 Å². The first kappa shape index (κ1) is 25.7. The van der Waals surface area contributed by atoms with Crippen LogP contribution in [0.25, 0.3) is 0 Å². The maximum absolute atomic E-state index is 13.0. The highest BCUT2D eigenvalue weighted by molar-refractivity contribution is 7.90. The smallest absolute Gasteiger partial charge is 0.416 e. The molecule has 12 heteroatoms. The van der Waals surface area contributed by atoms with Gasteiger partial charge in [-0.3, -0.25) is 4.79 Å². The normalized spacial score (nSPS) is 22.0. The molecule has 3 rings (SSSR count). The fourth-order valence-corrected chi connectivity index (χ4v) is 5.64. The third-order valence-corrected chi connectivity index (χ3v) is 8.05. The minimum absolute atomic E-state index is 0.0744. The molecule has 2 aliphatic rings. The molecule has 1 aromatic carbocycles. The van der Waals surface area contributed by atoms with Crippen LogP contribution < -0.4 is 10.2 Å². The summed E-state index contributed by atoms with van der Waals surface area (Å²) in [4.78, 5) is 17.7. The topological polar surface area (TPSA) is 94.2 Å². The number of amides is 1. The van der Waals surface area contributed by atoms with E-state index in [0.29, 0.717) is 25.9 Å². The zero-order valence-corrected chi connectivity index (χ0v) is 19.2. The summed E-state index contributed by atoms with van der Waals surface area (Å²) in [7, 11) is -3.92. The number of hydrogen-bond donors (Lipinski definition) is 1. The Hall–Kier alpha value is -1.89. The number of carbonyl (C=O) groups excluding carboxylic acids is 1. The molecule has 0 spiro atoms. The molecule has 0 radical (unpaired) electrons. The average molecular weight is 495 g/mol. The third kappa shape index (κ3) is 6.81. The number of hydroxylamine groups is 1. The Morgan fingerprint density at radius 1 is 1.18 bits per heavy atom. The van der Waals surface area contributed by atoms with Gasteiger partial charge in [0.25, 0.3) is 5.91 Å². The monoisotopic (exact) mass is 494 g/mol. The molecule has 2 heterocycles. The van der Waals surface area contributed by atoms with Crippen LogP contribution in [-0.4, -0.2) is 56.0 Å². The SMILES string of the molecule is CCC(C(=O)NOC1CCCCO1)S(=O)(=O)N1CCC(Oc2ccc(C(F)(F)F)cc2)CC1. The molecular weight excluding hydrogens is 465 g/mol. The van der Waals surface area contributed by atoms with Gasteiger partial charge in [-0.2, -0.15) is 13.2 Å². The van der Waals surface area contributed by atoms with E-state index in [2.05, 4.69) is 5.48 Å². The van der Waals surface area contributed by atoms with E-state index in [-0.39, 0.29) is 31.4 Å². The van der Waals surface area contributed by atoms with Crippen molar-refractivity contribution in [1.29, 1.82) is 0 Å². The average Bonchev–Trinajstić information content (AvgIpc) is 2.79. The van der Waals surface area contributed by atoms with Gasteiger partial charge in [-0.1, -0.05) is 6.92 Å². The number of sulfonamides is 1. The van der Waals surface area contributed by atoms with E-state index < -0.39 is 39.2 Å². The Bertz CT molecular complexity index is 880. The molecule has 0 aliphatic carbocycles. The second-order valence-corrected chi connectivity index (χ2v) is 10.2. The van der Waals surface area contributed by atoms with Gasteiger partial charge in [0.05, 0.1) is 5.56 Å². The van der Waals surface area contributed by atoms with Crippen LogP contribution in [0.5, 0.6) is 5.75 Å². The van der Waals surface area contributed by atoms with Gasteiger partial charge in [-0.25, -0.2) is 23.0 Å². The molecule has 1 amide bonds. The first-order valence-electron chi connectivity index (χ1n) is 11.0. The summed E-state index contributed by atoms with van der Waals surface area (Å²) in [6.07, 6.45) is -2.13. The Labute approximate surface area is 191 Å². The molecular formula is C21H29F3N2O6S. The summed E-state index contributed by atoms with van der Waals surface area (Å²) in [6, 6.07) is 4.39. The summed E-state index contributed by atoms with van der Waals surface area (Å²) >= 11 is 0. The molecule has 2 atom stereocenters. The standard InChI is InChI=1S/C21H29F3N2O6S/c1-2-18(20(27)25-32-19-5-3-4-14-30-19)33(28,29)26-12-10-17(11-13-26)31-16-8-6-15(7-9-16)21(22,23)24/h6-9,17-19H,2-5,10-14H2,1H3,(H,25,27). The van der Waals surface area contributed by atoms with Crippen LogP contribution in [0.2, 0.25) is 0 Å². The van der Waals surface area contributed by atoms with Crippen molar-refractivity contribution >= 4 is 15.9 Å². The molecule has 2 saturated heterocycles. The first-order chi connectivity index (χ1) is 15.6. The molecule has 186 valence electrons. The van der Waals surface area contributed by atoms with E-state index in [4.69, 9.17) is 14.3 Å². The summed E-state index contributed by atoms with van der Waals surface area (Å²) in [5, 5.41) is -1.30. The summed E-state index contributed by atoms with van der Waals surface area (Å²) < 4.78 is 76.5. The molecule has 2 unspecified atom stereocenters. The van der Waals surface area contributed by atoms with Crippen molar-refractivity contribution in [2.75, 3.05) is 19.7 Å². The van der Waals surface area contributed by atoms with Gasteiger partial charge in [-0.15, -0.1) is 0 Å². The van der Waals surface area contributed by atoms with Crippen LogP contribution in [0, 0.1) is 0 Å². The summed E-state index contributed by atoms with van der Waals surface area (Å²) in [5.41, 5.74) is 1.47. The lowest BCUT2D eigenvalue weighted by Gasteiger charge is -2.33. The number of nitrogens with zero attached hydrogens (tertiary/aromatic N) is 1. The maximum atomic E-state index is 13.0. The van der Waals surface area contributed by atoms with Crippen molar-refractivity contribution in [2.45, 2.75) is 69.3 Å². The Kier molecular flexibility index (Phi) is 8.59. The lowest BCUT2D eigenvalue weighted by molar-refractivity contribution is -0.200. The van der Waals surface area contributed by atoms with Gasteiger partial charge in [0, 0.05) is 26.1 Å². The molecule has 0 saturated carbocycles. The molecule has 2 fully saturated rings. The summed E-state index contributed by atoms with van der Waals surface area (Å²) in [6.45, 7) is 2.42. The van der Waals surface area contributed by atoms with Gasteiger partial charge in [0.15, 0.2) is 11.5 Å². The number of piperidine rings is 1. The molecule has 33 heavy (non-hydrogen) atoms. The molecule has 1 aromatic rings. The zero-order valence-electron chi connectivity index (χ0n) is 18.3. The van der Waals surface area contributed by atoms with Gasteiger partial charge >= 0.3 is 6.18 Å². The van der Waals surface area contributed by atoms with Crippen molar-refractivity contribution in [3.8, 4) is 5.75 Å². The lowest BCUT2D eigenvalue weighted by atomic mass is 10.1. The summed E-state index contributed by atoms with van der Waals surface area (Å²) in [5.74, 6) is -0.452. The predicted molar refractivity (Wildman–Crippen MR) is 112 cm³/mol. The van der Waals surface area contributed by atoms with Gasteiger partial charge in [0.1, 0.15) is 11.9 Å². The molecule has 8 nitrogen and oxygen atoms in total. The van der Waals surface area contributed by atoms with Crippen LogP contribution in [0.3, 0.4) is 0 Å². The predicted octanol–water partition coefficient (Wildman–Crippen LogP) is 3.23. The van der Waals surface area contributed by atoms with Gasteiger partial charge < -0.3 is 9.47 Å². The van der Waals surface area contributed by atoms with Crippen molar-refractivity contribution in [1.82, 2.24) is 9.79 Å². The van der Waals surface area contributed by atoms with Crippen LogP contribution in [0.15, 0.2) is 24.3 Å². The number of halogens is 3. The Morgan fingerprint density at radius 3 is 2.39 bits per heavy atom. The highest BCUT2D eigenvalue weighted by Gasteiger charge is 2.39. The molecule has 0 aromatic heterocycles. The van der Waals surface area contributed by atoms with Crippen molar-refractivity contribution in [3.63, 3.8) is 0 Å². The second-order valence-electron chi connectivity index (χ2n) is 8.06. The van der Waals surface area contributed by atoms with Crippen molar-refractivity contribution < 1.29 is 40.7 Å². The fraction of sp³-hybridized carbons (Fsp3) is 0.667. The van der Waals surface area contributed by atoms with E-state index in [1.165, 1.54) is 16.4 Å². The van der Waals surface area contributed by atoms with Crippen LogP contribution >= 0.6 is 0 Å². The molecule has 2 aliphatic heterocycles. The zero-order chi connectivity index (χ0) is 24.1. The van der Waals surface area contributed by atoms with E-state index in [1.54, 1.807) is 6.92 Å². The van der Waals surface area contributed by atoms with Crippen molar-refractivity contribution in [3.05, 3.63) is 29.8 Å². The van der Waals surface area contributed by atoms with E-state index in [9.17, 15) is 26.4 Å². The fourth-order valence-electron chi connectivity index (χ4n) is 3.82. The van der Waals surface area contributed by atoms with E-state index >= 15 is 0 Å². The number of ether oxygens (including phenoxy) is 2. The number of carbonyl (C=O) groups is 1. The first-order valence-corrected chi connectivity index (χ1v) is 12.5. The number of benzene rings is 1. The minimum atomic E-state index is -4.42. The van der Waals surface area contributed by atoms with Crippen molar-refractivity contribution in [2.24, 2.45) is 0 Å². The van der Waals surface area contributed by atoms with Gasteiger partial charge in [0.2, 0.25) is 10.0 Å². The van der Waals surface area contributed by atoms with Gasteiger partial charge in [-0.05, 0) is 56.4 Å². The minimum Gasteiger partial charge on any atom is -0.490 e. The van der Waals surface area contributed by atoms with E-state index in [1.807, 2.05) is 0 Å². The quantitative estimate of drug-likeness (QED) is 0.558. The Balaban J connectivity index is 1.51. The number of alkyl halides is 3. The lowest BCUT2D eigenvalue weighted by Crippen LogP contribution is -2.50. The highest BCUT2D eigenvalue weighted by Crippen LogP contribution is 2.31.